The lowest BCUT2D eigenvalue weighted by Crippen LogP contribution is -2.32. The van der Waals surface area contributed by atoms with Crippen molar-refractivity contribution >= 4 is 0 Å². The highest BCUT2D eigenvalue weighted by molar-refractivity contribution is 4.86. The Morgan fingerprint density at radius 2 is 1.94 bits per heavy atom. The summed E-state index contributed by atoms with van der Waals surface area (Å²) >= 11 is 0. The lowest BCUT2D eigenvalue weighted by Gasteiger charge is -2.32. The molecule has 1 fully saturated rings. The Morgan fingerprint density at radius 3 is 2.44 bits per heavy atom. The summed E-state index contributed by atoms with van der Waals surface area (Å²) in [5.74, 6) is 1.47. The molecule has 1 aliphatic heterocycles. The minimum Gasteiger partial charge on any atom is -0.474 e. The Kier molecular flexibility index (Phi) is 4.66. The largest absolute Gasteiger partial charge is 0.474 e. The number of nitrogens with zero attached hydrogens (tertiary/aromatic N) is 1. The second-order valence-electron chi connectivity index (χ2n) is 5.54. The molecule has 0 unspecified atom stereocenters. The maximum atomic E-state index is 5.74. The topological polar surface area (TPSA) is 21.7 Å². The minimum atomic E-state index is -0.166. The van der Waals surface area contributed by atoms with E-state index in [-0.39, 0.29) is 5.60 Å². The average Bonchev–Trinajstić information content (AvgIpc) is 2.16. The SMILES string of the molecule is C=C(OC(C)(C)C)N(C)CC1CCOCC1. The number of hydrogen-bond donors (Lipinski definition) is 0. The van der Waals surface area contributed by atoms with Gasteiger partial charge in [-0.05, 0) is 46.1 Å². The molecule has 0 aromatic rings. The lowest BCUT2D eigenvalue weighted by atomic mass is 10.00. The third-order valence-corrected chi connectivity index (χ3v) is 2.72. The summed E-state index contributed by atoms with van der Waals surface area (Å²) in [4.78, 5) is 2.11. The predicted octanol–water partition coefficient (Wildman–Crippen LogP) is 2.63. The van der Waals surface area contributed by atoms with Gasteiger partial charge >= 0.3 is 0 Å². The molecule has 16 heavy (non-hydrogen) atoms. The van der Waals surface area contributed by atoms with E-state index >= 15 is 0 Å². The second-order valence-corrected chi connectivity index (χ2v) is 5.54. The first kappa shape index (κ1) is 13.4. The van der Waals surface area contributed by atoms with E-state index in [1.165, 1.54) is 0 Å². The van der Waals surface area contributed by atoms with E-state index in [9.17, 15) is 0 Å². The van der Waals surface area contributed by atoms with Gasteiger partial charge in [0.1, 0.15) is 5.60 Å². The van der Waals surface area contributed by atoms with E-state index in [2.05, 4.69) is 11.5 Å². The molecule has 0 atom stereocenters. The molecule has 0 aromatic carbocycles. The van der Waals surface area contributed by atoms with Gasteiger partial charge in [0.25, 0.3) is 0 Å². The van der Waals surface area contributed by atoms with E-state index in [1.54, 1.807) is 0 Å². The van der Waals surface area contributed by atoms with Crippen LogP contribution in [0.2, 0.25) is 0 Å². The van der Waals surface area contributed by atoms with Gasteiger partial charge in [-0.15, -0.1) is 0 Å². The van der Waals surface area contributed by atoms with Crippen molar-refractivity contribution < 1.29 is 9.47 Å². The summed E-state index contributed by atoms with van der Waals surface area (Å²) in [5, 5.41) is 0. The summed E-state index contributed by atoms with van der Waals surface area (Å²) in [6.45, 7) is 12.9. The number of hydrogen-bond acceptors (Lipinski definition) is 3. The molecule has 0 aliphatic carbocycles. The first-order chi connectivity index (χ1) is 7.38. The molecule has 0 radical (unpaired) electrons. The molecule has 3 heteroatoms. The lowest BCUT2D eigenvalue weighted by molar-refractivity contribution is -0.00208. The Labute approximate surface area is 99.4 Å². The summed E-state index contributed by atoms with van der Waals surface area (Å²) < 4.78 is 11.1. The molecule has 1 rings (SSSR count). The monoisotopic (exact) mass is 227 g/mol. The van der Waals surface area contributed by atoms with Crippen LogP contribution in [0.4, 0.5) is 0 Å². The maximum Gasteiger partial charge on any atom is 0.182 e. The molecule has 3 nitrogen and oxygen atoms in total. The van der Waals surface area contributed by atoms with Gasteiger partial charge in [-0.1, -0.05) is 0 Å². The van der Waals surface area contributed by atoms with Gasteiger partial charge in [-0.25, -0.2) is 0 Å². The van der Waals surface area contributed by atoms with Gasteiger partial charge in [0.2, 0.25) is 0 Å². The highest BCUT2D eigenvalue weighted by atomic mass is 16.5. The van der Waals surface area contributed by atoms with Gasteiger partial charge in [0.15, 0.2) is 5.88 Å². The van der Waals surface area contributed by atoms with Crippen LogP contribution < -0.4 is 0 Å². The molecule has 1 saturated heterocycles. The molecule has 0 N–H and O–H groups in total. The summed E-state index contributed by atoms with van der Waals surface area (Å²) in [5.41, 5.74) is -0.166. The van der Waals surface area contributed by atoms with Crippen molar-refractivity contribution in [3.8, 4) is 0 Å². The Morgan fingerprint density at radius 1 is 1.38 bits per heavy atom. The third kappa shape index (κ3) is 4.88. The Bertz CT molecular complexity index is 227. The molecule has 0 amide bonds. The fraction of sp³-hybridized carbons (Fsp3) is 0.846. The van der Waals surface area contributed by atoms with Crippen LogP contribution in [-0.2, 0) is 9.47 Å². The smallest absolute Gasteiger partial charge is 0.182 e. The molecular weight excluding hydrogens is 202 g/mol. The van der Waals surface area contributed by atoms with Crippen molar-refractivity contribution in [2.45, 2.75) is 39.2 Å². The quantitative estimate of drug-likeness (QED) is 0.689. The molecule has 0 saturated carbocycles. The highest BCUT2D eigenvalue weighted by Crippen LogP contribution is 2.19. The molecule has 0 aromatic heterocycles. The number of ether oxygens (including phenoxy) is 2. The van der Waals surface area contributed by atoms with E-state index in [1.807, 2.05) is 27.8 Å². The zero-order valence-corrected chi connectivity index (χ0v) is 11.1. The van der Waals surface area contributed by atoms with Crippen LogP contribution in [0.3, 0.4) is 0 Å². The van der Waals surface area contributed by atoms with Crippen LogP contribution in [0.5, 0.6) is 0 Å². The van der Waals surface area contributed by atoms with Crippen molar-refractivity contribution in [3.63, 3.8) is 0 Å². The maximum absolute atomic E-state index is 5.74. The number of rotatable bonds is 4. The van der Waals surface area contributed by atoms with Crippen LogP contribution in [-0.4, -0.2) is 37.3 Å². The third-order valence-electron chi connectivity index (χ3n) is 2.72. The summed E-state index contributed by atoms with van der Waals surface area (Å²) in [7, 11) is 2.05. The van der Waals surface area contributed by atoms with E-state index in [0.717, 1.165) is 38.5 Å². The molecule has 0 spiro atoms. The van der Waals surface area contributed by atoms with Crippen molar-refractivity contribution in [1.29, 1.82) is 0 Å². The Hall–Kier alpha value is -0.700. The van der Waals surface area contributed by atoms with Crippen LogP contribution in [0, 0.1) is 5.92 Å². The molecule has 1 heterocycles. The normalized spacial score (nSPS) is 18.2. The second kappa shape index (κ2) is 5.58. The average molecular weight is 227 g/mol. The van der Waals surface area contributed by atoms with Gasteiger partial charge in [0, 0.05) is 26.8 Å². The first-order valence-electron chi connectivity index (χ1n) is 6.05. The van der Waals surface area contributed by atoms with E-state index < -0.39 is 0 Å². The standard InChI is InChI=1S/C13H25NO2/c1-11(16-13(2,3)4)14(5)10-12-6-8-15-9-7-12/h12H,1,6-10H2,2-5H3. The fourth-order valence-electron chi connectivity index (χ4n) is 1.85. The van der Waals surface area contributed by atoms with Crippen molar-refractivity contribution in [2.24, 2.45) is 5.92 Å². The van der Waals surface area contributed by atoms with Crippen LogP contribution in [0.15, 0.2) is 12.5 Å². The van der Waals surface area contributed by atoms with Crippen molar-refractivity contribution in [3.05, 3.63) is 12.5 Å². The van der Waals surface area contributed by atoms with Gasteiger partial charge in [-0.3, -0.25) is 0 Å². The summed E-state index contributed by atoms with van der Waals surface area (Å²) in [6.07, 6.45) is 2.29. The molecular formula is C13H25NO2. The van der Waals surface area contributed by atoms with Gasteiger partial charge in [-0.2, -0.15) is 0 Å². The van der Waals surface area contributed by atoms with E-state index in [4.69, 9.17) is 9.47 Å². The zero-order valence-electron chi connectivity index (χ0n) is 11.1. The first-order valence-corrected chi connectivity index (χ1v) is 6.05. The zero-order chi connectivity index (χ0) is 12.2. The van der Waals surface area contributed by atoms with Crippen LogP contribution >= 0.6 is 0 Å². The van der Waals surface area contributed by atoms with Crippen molar-refractivity contribution in [1.82, 2.24) is 4.90 Å². The minimum absolute atomic E-state index is 0.166. The molecule has 94 valence electrons. The van der Waals surface area contributed by atoms with Crippen molar-refractivity contribution in [2.75, 3.05) is 26.8 Å². The van der Waals surface area contributed by atoms with E-state index in [0.29, 0.717) is 5.92 Å². The van der Waals surface area contributed by atoms with Crippen LogP contribution in [0.1, 0.15) is 33.6 Å². The molecule has 1 aliphatic rings. The van der Waals surface area contributed by atoms with Gasteiger partial charge in [0.05, 0.1) is 0 Å². The fourth-order valence-corrected chi connectivity index (χ4v) is 1.85. The van der Waals surface area contributed by atoms with Crippen LogP contribution in [0.25, 0.3) is 0 Å². The Balaban J connectivity index is 2.33. The molecule has 0 bridgehead atoms. The predicted molar refractivity (Wildman–Crippen MR) is 66.2 cm³/mol. The highest BCUT2D eigenvalue weighted by Gasteiger charge is 2.19. The summed E-state index contributed by atoms with van der Waals surface area (Å²) in [6, 6.07) is 0. The van der Waals surface area contributed by atoms with Gasteiger partial charge < -0.3 is 14.4 Å².